The molecule has 94 valence electrons. The summed E-state index contributed by atoms with van der Waals surface area (Å²) in [6.07, 6.45) is 1.32. The first-order valence-corrected chi connectivity index (χ1v) is 7.53. The molecule has 0 aliphatic rings. The van der Waals surface area contributed by atoms with Crippen molar-refractivity contribution in [3.63, 3.8) is 0 Å². The Morgan fingerprint density at radius 3 is 2.78 bits per heavy atom. The molecule has 0 aliphatic carbocycles. The van der Waals surface area contributed by atoms with E-state index in [1.54, 1.807) is 29.5 Å². The molecule has 0 spiro atoms. The molecule has 0 bridgehead atoms. The third kappa shape index (κ3) is 3.96. The first kappa shape index (κ1) is 13.3. The molecular weight excluding hydrogens is 267 g/mol. The minimum Gasteiger partial charge on any atom is -0.299 e. The quantitative estimate of drug-likeness (QED) is 0.738. The maximum absolute atomic E-state index is 13.3. The van der Waals surface area contributed by atoms with Crippen LogP contribution in [0.3, 0.4) is 0 Å². The first-order chi connectivity index (χ1) is 8.75. The number of benzene rings is 1. The number of hydrogen-bond acceptors (Lipinski definition) is 3. The summed E-state index contributed by atoms with van der Waals surface area (Å²) in [6, 6.07) is 10.6. The van der Waals surface area contributed by atoms with Gasteiger partial charge in [0.2, 0.25) is 0 Å². The summed E-state index contributed by atoms with van der Waals surface area (Å²) in [7, 11) is 0. The molecule has 1 heterocycles. The number of thioether (sulfide) groups is 1. The van der Waals surface area contributed by atoms with Crippen LogP contribution in [0.5, 0.6) is 0 Å². The molecule has 1 nitrogen and oxygen atoms in total. The molecule has 0 aliphatic heterocycles. The predicted octanol–water partition coefficient (Wildman–Crippen LogP) is 4.18. The van der Waals surface area contributed by atoms with Crippen molar-refractivity contribution in [1.82, 2.24) is 0 Å². The molecule has 0 atom stereocenters. The second-order valence-electron chi connectivity index (χ2n) is 3.84. The van der Waals surface area contributed by atoms with Gasteiger partial charge in [-0.25, -0.2) is 4.39 Å². The van der Waals surface area contributed by atoms with Crippen molar-refractivity contribution in [2.45, 2.75) is 17.7 Å². The van der Waals surface area contributed by atoms with Crippen molar-refractivity contribution in [2.75, 3.05) is 5.75 Å². The van der Waals surface area contributed by atoms with Gasteiger partial charge >= 0.3 is 0 Å². The van der Waals surface area contributed by atoms with Crippen LogP contribution >= 0.6 is 23.1 Å². The summed E-state index contributed by atoms with van der Waals surface area (Å²) in [5.41, 5.74) is 0. The van der Waals surface area contributed by atoms with E-state index in [-0.39, 0.29) is 11.6 Å². The zero-order valence-electron chi connectivity index (χ0n) is 9.77. The standard InChI is InChI=1S/C14H13FOS2/c15-13-5-1-2-6-14(13)18-10-11(16)7-8-12-4-3-9-17-12/h1-6,9H,7-8,10H2. The van der Waals surface area contributed by atoms with Gasteiger partial charge in [-0.1, -0.05) is 18.2 Å². The van der Waals surface area contributed by atoms with Gasteiger partial charge in [0.05, 0.1) is 5.75 Å². The van der Waals surface area contributed by atoms with Crippen LogP contribution in [-0.2, 0) is 11.2 Å². The Kier molecular flexibility index (Phi) is 4.96. The number of ketones is 1. The molecule has 18 heavy (non-hydrogen) atoms. The van der Waals surface area contributed by atoms with Crippen molar-refractivity contribution < 1.29 is 9.18 Å². The van der Waals surface area contributed by atoms with Crippen molar-refractivity contribution >= 4 is 28.9 Å². The molecule has 0 unspecified atom stereocenters. The summed E-state index contributed by atoms with van der Waals surface area (Å²) >= 11 is 2.93. The monoisotopic (exact) mass is 280 g/mol. The van der Waals surface area contributed by atoms with Crippen LogP contribution in [-0.4, -0.2) is 11.5 Å². The predicted molar refractivity (Wildman–Crippen MR) is 74.8 cm³/mol. The van der Waals surface area contributed by atoms with E-state index in [0.717, 1.165) is 6.42 Å². The zero-order valence-corrected chi connectivity index (χ0v) is 11.4. The summed E-state index contributed by atoms with van der Waals surface area (Å²) in [4.78, 5) is 13.4. The maximum Gasteiger partial charge on any atom is 0.143 e. The van der Waals surface area contributed by atoms with Crippen molar-refractivity contribution in [2.24, 2.45) is 0 Å². The highest BCUT2D eigenvalue weighted by Crippen LogP contribution is 2.21. The van der Waals surface area contributed by atoms with E-state index in [4.69, 9.17) is 0 Å². The van der Waals surface area contributed by atoms with E-state index in [2.05, 4.69) is 0 Å². The van der Waals surface area contributed by atoms with E-state index in [1.807, 2.05) is 17.5 Å². The average Bonchev–Trinajstić information content (AvgIpc) is 2.88. The largest absolute Gasteiger partial charge is 0.299 e. The number of halogens is 1. The number of Topliss-reactive ketones (excluding diaryl/α,β-unsaturated/α-hetero) is 1. The average molecular weight is 280 g/mol. The molecular formula is C14H13FOS2. The number of hydrogen-bond donors (Lipinski definition) is 0. The lowest BCUT2D eigenvalue weighted by molar-refractivity contribution is -0.116. The lowest BCUT2D eigenvalue weighted by atomic mass is 10.2. The summed E-state index contributed by atoms with van der Waals surface area (Å²) in [5.74, 6) is 0.247. The fourth-order valence-corrected chi connectivity index (χ4v) is 3.06. The summed E-state index contributed by atoms with van der Waals surface area (Å²) in [6.45, 7) is 0. The van der Waals surface area contributed by atoms with Crippen LogP contribution in [0, 0.1) is 5.82 Å². The fraction of sp³-hybridized carbons (Fsp3) is 0.214. The molecule has 2 rings (SSSR count). The molecule has 0 saturated carbocycles. The Hall–Kier alpha value is -1.13. The first-order valence-electron chi connectivity index (χ1n) is 5.67. The molecule has 0 amide bonds. The van der Waals surface area contributed by atoms with Gasteiger partial charge in [-0.3, -0.25) is 4.79 Å². The van der Waals surface area contributed by atoms with E-state index in [1.165, 1.54) is 22.7 Å². The van der Waals surface area contributed by atoms with Gasteiger partial charge in [0, 0.05) is 16.2 Å². The molecule has 0 N–H and O–H groups in total. The molecule has 0 saturated heterocycles. The van der Waals surface area contributed by atoms with Crippen LogP contribution in [0.15, 0.2) is 46.7 Å². The fourth-order valence-electron chi connectivity index (χ4n) is 1.51. The molecule has 4 heteroatoms. The molecule has 1 aromatic heterocycles. The van der Waals surface area contributed by atoms with Crippen LogP contribution in [0.1, 0.15) is 11.3 Å². The highest BCUT2D eigenvalue weighted by Gasteiger charge is 2.07. The summed E-state index contributed by atoms with van der Waals surface area (Å²) in [5, 5.41) is 2.01. The van der Waals surface area contributed by atoms with Crippen molar-refractivity contribution in [3.8, 4) is 0 Å². The number of aryl methyl sites for hydroxylation is 1. The molecule has 0 radical (unpaired) electrons. The number of rotatable bonds is 6. The van der Waals surface area contributed by atoms with Gasteiger partial charge in [0.1, 0.15) is 11.6 Å². The maximum atomic E-state index is 13.3. The van der Waals surface area contributed by atoms with Crippen molar-refractivity contribution in [1.29, 1.82) is 0 Å². The SMILES string of the molecule is O=C(CCc1cccs1)CSc1ccccc1F. The van der Waals surface area contributed by atoms with Gasteiger partial charge < -0.3 is 0 Å². The number of carbonyl (C=O) groups is 1. The van der Waals surface area contributed by atoms with E-state index in [0.29, 0.717) is 17.1 Å². The second-order valence-corrected chi connectivity index (χ2v) is 5.89. The van der Waals surface area contributed by atoms with Gasteiger partial charge in [0.25, 0.3) is 0 Å². The highest BCUT2D eigenvalue weighted by molar-refractivity contribution is 8.00. The normalized spacial score (nSPS) is 10.5. The second kappa shape index (κ2) is 6.71. The van der Waals surface area contributed by atoms with Crippen LogP contribution in [0.2, 0.25) is 0 Å². The Balaban J connectivity index is 1.77. The van der Waals surface area contributed by atoms with E-state index in [9.17, 15) is 9.18 Å². The van der Waals surface area contributed by atoms with E-state index >= 15 is 0 Å². The summed E-state index contributed by atoms with van der Waals surface area (Å²) < 4.78 is 13.3. The third-order valence-corrected chi connectivity index (χ3v) is 4.50. The van der Waals surface area contributed by atoms with Crippen LogP contribution in [0.25, 0.3) is 0 Å². The highest BCUT2D eigenvalue weighted by atomic mass is 32.2. The molecule has 0 fully saturated rings. The van der Waals surface area contributed by atoms with Gasteiger partial charge in [-0.05, 0) is 30.0 Å². The van der Waals surface area contributed by atoms with Crippen molar-refractivity contribution in [3.05, 3.63) is 52.5 Å². The molecule has 1 aromatic carbocycles. The Morgan fingerprint density at radius 1 is 1.22 bits per heavy atom. The lowest BCUT2D eigenvalue weighted by Crippen LogP contribution is -2.02. The molecule has 2 aromatic rings. The van der Waals surface area contributed by atoms with E-state index < -0.39 is 0 Å². The Labute approximate surface area is 114 Å². The Morgan fingerprint density at radius 2 is 2.06 bits per heavy atom. The topological polar surface area (TPSA) is 17.1 Å². The zero-order chi connectivity index (χ0) is 12.8. The number of thiophene rings is 1. The lowest BCUT2D eigenvalue weighted by Gasteiger charge is -2.02. The smallest absolute Gasteiger partial charge is 0.143 e. The van der Waals surface area contributed by atoms with Gasteiger partial charge in [-0.15, -0.1) is 23.1 Å². The van der Waals surface area contributed by atoms with Gasteiger partial charge in [-0.2, -0.15) is 0 Å². The van der Waals surface area contributed by atoms with Gasteiger partial charge in [0.15, 0.2) is 0 Å². The van der Waals surface area contributed by atoms with Crippen LogP contribution < -0.4 is 0 Å². The Bertz CT molecular complexity index is 508. The minimum atomic E-state index is -0.256. The third-order valence-electron chi connectivity index (χ3n) is 2.46. The number of carbonyl (C=O) groups excluding carboxylic acids is 1. The van der Waals surface area contributed by atoms with Crippen LogP contribution in [0.4, 0.5) is 4.39 Å². The minimum absolute atomic E-state index is 0.164.